The van der Waals surface area contributed by atoms with Crippen LogP contribution in [0, 0.1) is 26.2 Å². The third kappa shape index (κ3) is 8.28. The van der Waals surface area contributed by atoms with Crippen molar-refractivity contribution in [3.05, 3.63) is 101 Å². The number of hydrogen-bond donors (Lipinski definition) is 0. The minimum atomic E-state index is -0.538. The van der Waals surface area contributed by atoms with Crippen LogP contribution in [0.5, 0.6) is 5.75 Å². The number of rotatable bonds is 12. The number of aryl methyl sites for hydroxylation is 3. The van der Waals surface area contributed by atoms with Crippen molar-refractivity contribution in [2.75, 3.05) is 13.2 Å². The molecule has 3 rings (SSSR count). The largest absolute Gasteiger partial charge is 0.493 e. The highest BCUT2D eigenvalue weighted by Crippen LogP contribution is 2.28. The molecule has 0 fully saturated rings. The molecule has 3 heteroatoms. The Balaban J connectivity index is 1.49. The Hall–Kier alpha value is -3.07. The van der Waals surface area contributed by atoms with E-state index < -0.39 is 5.41 Å². The fraction of sp³-hybridized carbons (Fsp3) is 0.406. The maximum absolute atomic E-state index is 12.9. The smallest absolute Gasteiger partial charge is 0.311 e. The molecule has 3 aromatic rings. The van der Waals surface area contributed by atoms with Gasteiger partial charge < -0.3 is 9.47 Å². The van der Waals surface area contributed by atoms with Gasteiger partial charge in [-0.3, -0.25) is 4.79 Å². The minimum absolute atomic E-state index is 0.133. The zero-order valence-corrected chi connectivity index (χ0v) is 22.0. The van der Waals surface area contributed by atoms with E-state index in [1.165, 1.54) is 22.3 Å². The van der Waals surface area contributed by atoms with Crippen LogP contribution in [0.3, 0.4) is 0 Å². The van der Waals surface area contributed by atoms with Crippen LogP contribution in [0.2, 0.25) is 0 Å². The fourth-order valence-electron chi connectivity index (χ4n) is 4.27. The summed E-state index contributed by atoms with van der Waals surface area (Å²) in [5.41, 5.74) is 5.62. The molecule has 0 spiro atoms. The maximum Gasteiger partial charge on any atom is 0.311 e. The number of benzene rings is 3. The van der Waals surface area contributed by atoms with Crippen LogP contribution in [0.15, 0.2) is 72.8 Å². The van der Waals surface area contributed by atoms with Gasteiger partial charge in [-0.2, -0.15) is 0 Å². The topological polar surface area (TPSA) is 35.5 Å². The van der Waals surface area contributed by atoms with Gasteiger partial charge in [0.2, 0.25) is 0 Å². The van der Waals surface area contributed by atoms with E-state index in [0.29, 0.717) is 19.1 Å². The second-order valence-corrected chi connectivity index (χ2v) is 10.3. The van der Waals surface area contributed by atoms with E-state index in [1.807, 2.05) is 19.9 Å². The first-order chi connectivity index (χ1) is 16.7. The molecule has 0 aliphatic rings. The fourth-order valence-corrected chi connectivity index (χ4v) is 4.27. The summed E-state index contributed by atoms with van der Waals surface area (Å²) in [7, 11) is 0. The van der Waals surface area contributed by atoms with Gasteiger partial charge in [-0.05, 0) is 94.5 Å². The Bertz CT molecular complexity index is 1070. The minimum Gasteiger partial charge on any atom is -0.493 e. The average molecular weight is 473 g/mol. The summed E-state index contributed by atoms with van der Waals surface area (Å²) < 4.78 is 11.8. The maximum atomic E-state index is 12.9. The van der Waals surface area contributed by atoms with Crippen molar-refractivity contribution in [1.82, 2.24) is 0 Å². The summed E-state index contributed by atoms with van der Waals surface area (Å²) in [5.74, 6) is 1.09. The number of carbonyl (C=O) groups is 1. The molecule has 0 saturated carbocycles. The molecule has 0 bridgehead atoms. The van der Waals surface area contributed by atoms with Crippen LogP contribution in [0.4, 0.5) is 0 Å². The van der Waals surface area contributed by atoms with E-state index in [-0.39, 0.29) is 5.97 Å². The molecule has 0 N–H and O–H groups in total. The molecule has 3 aromatic carbocycles. The summed E-state index contributed by atoms with van der Waals surface area (Å²) in [5, 5.41) is 0. The van der Waals surface area contributed by atoms with Crippen LogP contribution in [-0.2, 0) is 16.0 Å². The molecule has 0 aromatic heterocycles. The van der Waals surface area contributed by atoms with Crippen molar-refractivity contribution >= 4 is 5.97 Å². The van der Waals surface area contributed by atoms with Crippen molar-refractivity contribution in [3.8, 4) is 5.75 Å². The second kappa shape index (κ2) is 12.6. The quantitative estimate of drug-likeness (QED) is 0.200. The van der Waals surface area contributed by atoms with Crippen molar-refractivity contribution in [2.24, 2.45) is 5.41 Å². The predicted molar refractivity (Wildman–Crippen MR) is 144 cm³/mol. The lowest BCUT2D eigenvalue weighted by atomic mass is 9.87. The second-order valence-electron chi connectivity index (χ2n) is 10.3. The Morgan fingerprint density at radius 1 is 0.857 bits per heavy atom. The van der Waals surface area contributed by atoms with Gasteiger partial charge in [0, 0.05) is 0 Å². The molecule has 1 atom stereocenters. The molecule has 0 amide bonds. The normalized spacial score (nSPS) is 12.3. The van der Waals surface area contributed by atoms with Crippen molar-refractivity contribution < 1.29 is 14.3 Å². The first-order valence-corrected chi connectivity index (χ1v) is 12.7. The van der Waals surface area contributed by atoms with Crippen molar-refractivity contribution in [3.63, 3.8) is 0 Å². The van der Waals surface area contributed by atoms with Gasteiger partial charge in [-0.25, -0.2) is 0 Å². The van der Waals surface area contributed by atoms with E-state index >= 15 is 0 Å². The highest BCUT2D eigenvalue weighted by atomic mass is 16.5. The third-order valence-corrected chi connectivity index (χ3v) is 6.67. The van der Waals surface area contributed by atoms with Crippen molar-refractivity contribution in [2.45, 2.75) is 66.2 Å². The number of hydrogen-bond acceptors (Lipinski definition) is 3. The summed E-state index contributed by atoms with van der Waals surface area (Å²) in [6, 6.07) is 25.5. The molecular formula is C32H40O3. The molecule has 35 heavy (non-hydrogen) atoms. The van der Waals surface area contributed by atoms with Gasteiger partial charge in [0.15, 0.2) is 0 Å². The summed E-state index contributed by atoms with van der Waals surface area (Å²) in [6.45, 7) is 11.2. The van der Waals surface area contributed by atoms with Gasteiger partial charge >= 0.3 is 5.97 Å². The first kappa shape index (κ1) is 26.5. The number of esters is 1. The SMILES string of the molecule is Cc1ccc(C(CCOC(=O)C(C)(C)CCCOc2cc(C)ccc2C)Cc2ccccc2)cc1. The standard InChI is InChI=1S/C32H40O3/c1-24-13-16-28(17-14-24)29(23-27-10-7-6-8-11-27)18-21-35-31(33)32(4,5)19-9-20-34-30-22-25(2)12-15-26(30)3/h6-8,10-17,22,29H,9,18-21,23H2,1-5H3. The average Bonchev–Trinajstić information content (AvgIpc) is 2.84. The Morgan fingerprint density at radius 3 is 2.26 bits per heavy atom. The molecule has 0 saturated heterocycles. The van der Waals surface area contributed by atoms with Gasteiger partial charge in [-0.1, -0.05) is 72.3 Å². The van der Waals surface area contributed by atoms with E-state index in [1.54, 1.807) is 0 Å². The van der Waals surface area contributed by atoms with Gasteiger partial charge in [0.1, 0.15) is 5.75 Å². The molecule has 0 radical (unpaired) electrons. The molecule has 186 valence electrons. The molecule has 3 nitrogen and oxygen atoms in total. The summed E-state index contributed by atoms with van der Waals surface area (Å²) >= 11 is 0. The summed E-state index contributed by atoms with van der Waals surface area (Å²) in [6.07, 6.45) is 3.26. The molecule has 1 unspecified atom stereocenters. The van der Waals surface area contributed by atoms with Crippen LogP contribution >= 0.6 is 0 Å². The Labute approximate surface area is 211 Å². The lowest BCUT2D eigenvalue weighted by Gasteiger charge is -2.24. The highest BCUT2D eigenvalue weighted by molar-refractivity contribution is 5.75. The van der Waals surface area contributed by atoms with Crippen molar-refractivity contribution in [1.29, 1.82) is 0 Å². The first-order valence-electron chi connectivity index (χ1n) is 12.7. The van der Waals surface area contributed by atoms with Crippen LogP contribution in [-0.4, -0.2) is 19.2 Å². The zero-order valence-electron chi connectivity index (χ0n) is 22.0. The van der Waals surface area contributed by atoms with E-state index in [0.717, 1.165) is 37.0 Å². The Kier molecular flexibility index (Phi) is 9.54. The van der Waals surface area contributed by atoms with E-state index in [9.17, 15) is 4.79 Å². The molecule has 0 aliphatic heterocycles. The molecule has 0 aliphatic carbocycles. The number of carbonyl (C=O) groups excluding carboxylic acids is 1. The zero-order chi connectivity index (χ0) is 25.3. The molecular weight excluding hydrogens is 432 g/mol. The number of ether oxygens (including phenoxy) is 2. The lowest BCUT2D eigenvalue weighted by Crippen LogP contribution is -2.28. The lowest BCUT2D eigenvalue weighted by molar-refractivity contribution is -0.154. The van der Waals surface area contributed by atoms with Gasteiger partial charge in [0.05, 0.1) is 18.6 Å². The Morgan fingerprint density at radius 2 is 1.54 bits per heavy atom. The van der Waals surface area contributed by atoms with Gasteiger partial charge in [0.25, 0.3) is 0 Å². The van der Waals surface area contributed by atoms with E-state index in [4.69, 9.17) is 9.47 Å². The molecule has 0 heterocycles. The van der Waals surface area contributed by atoms with Gasteiger partial charge in [-0.15, -0.1) is 0 Å². The predicted octanol–water partition coefficient (Wildman–Crippen LogP) is 7.76. The van der Waals surface area contributed by atoms with Crippen LogP contribution in [0.25, 0.3) is 0 Å². The van der Waals surface area contributed by atoms with Crippen LogP contribution < -0.4 is 4.74 Å². The third-order valence-electron chi connectivity index (χ3n) is 6.67. The van der Waals surface area contributed by atoms with Crippen LogP contribution in [0.1, 0.15) is 66.8 Å². The monoisotopic (exact) mass is 472 g/mol. The van der Waals surface area contributed by atoms with E-state index in [2.05, 4.69) is 87.5 Å². The highest BCUT2D eigenvalue weighted by Gasteiger charge is 2.29. The summed E-state index contributed by atoms with van der Waals surface area (Å²) in [4.78, 5) is 12.9.